The summed E-state index contributed by atoms with van der Waals surface area (Å²) in [7, 11) is 0. The van der Waals surface area contributed by atoms with Gasteiger partial charge in [-0.2, -0.15) is 0 Å². The van der Waals surface area contributed by atoms with Crippen molar-refractivity contribution in [2.24, 2.45) is 0 Å². The second-order valence-electron chi connectivity index (χ2n) is 0. The third-order valence-electron chi connectivity index (χ3n) is 0. The summed E-state index contributed by atoms with van der Waals surface area (Å²) in [6, 6.07) is 0. The van der Waals surface area contributed by atoms with Crippen LogP contribution in [-0.2, 0) is 34.4 Å². The smallest absolute Gasteiger partial charge is 0.0125 e. The van der Waals surface area contributed by atoms with Gasteiger partial charge in [0.15, 0.2) is 17.4 Å². The van der Waals surface area contributed by atoms with Gasteiger partial charge in [0.05, 0.1) is 0 Å². The third-order valence-corrected chi connectivity index (χ3v) is 0. The maximum absolute atomic E-state index is 0. The van der Waals surface area contributed by atoms with Crippen molar-refractivity contribution in [2.75, 3.05) is 0 Å². The number of hydrogen-bond acceptors (Lipinski definition) is 0. The van der Waals surface area contributed by atoms with E-state index in [0.29, 0.717) is 0 Å². The molecule has 0 aromatic carbocycles. The molecule has 0 bridgehead atoms. The molecule has 0 aliphatic rings. The van der Waals surface area contributed by atoms with Crippen LogP contribution in [0.1, 0.15) is 0 Å². The van der Waals surface area contributed by atoms with Crippen molar-refractivity contribution in [3.63, 3.8) is 0 Å². The van der Waals surface area contributed by atoms with Crippen LogP contribution in [0.3, 0.4) is 0 Å². The van der Waals surface area contributed by atoms with E-state index in [-0.39, 0.29) is 62.8 Å². The van der Waals surface area contributed by atoms with Gasteiger partial charge in [0.1, 0.15) is 0 Å². The van der Waals surface area contributed by atoms with E-state index >= 15 is 0 Å². The Hall–Kier alpha value is 1.80. The van der Waals surface area contributed by atoms with Crippen molar-refractivity contribution in [1.29, 1.82) is 0 Å². The molecule has 0 atom stereocenters. The van der Waals surface area contributed by atoms with Crippen LogP contribution < -0.4 is 0 Å². The standard InChI is InChI=1S/Al.Cr.Cu.H3Si.3H/h;;;1H3;;;. The molecule has 0 aromatic rings. The quantitative estimate of drug-likeness (QED) is 0.362. The topological polar surface area (TPSA) is 0 Å². The summed E-state index contributed by atoms with van der Waals surface area (Å²) < 4.78 is 0. The molecular formula is H6AlCrCuSi. The molecule has 0 N–H and O–H groups in total. The summed E-state index contributed by atoms with van der Waals surface area (Å²) in [4.78, 5) is 0. The summed E-state index contributed by atoms with van der Waals surface area (Å²) in [5, 5.41) is 0. The van der Waals surface area contributed by atoms with Gasteiger partial charge in [-0.05, 0) is 11.0 Å². The van der Waals surface area contributed by atoms with Crippen molar-refractivity contribution in [3.8, 4) is 0 Å². The maximum atomic E-state index is 0. The Balaban J connectivity index is 0. The van der Waals surface area contributed by atoms with Gasteiger partial charge in [-0.25, -0.2) is 0 Å². The zero-order valence-corrected chi connectivity index (χ0v) is 5.93. The normalized spacial score (nSPS) is 0. The van der Waals surface area contributed by atoms with Crippen LogP contribution in [0, 0.1) is 0 Å². The van der Waals surface area contributed by atoms with Crippen molar-refractivity contribution < 1.29 is 34.4 Å². The fourth-order valence-electron chi connectivity index (χ4n) is 0. The molecule has 0 heterocycles. The molecule has 2 radical (unpaired) electrons. The van der Waals surface area contributed by atoms with Gasteiger partial charge < -0.3 is 0 Å². The van der Waals surface area contributed by atoms with E-state index in [2.05, 4.69) is 0 Å². The van der Waals surface area contributed by atoms with E-state index in [1.807, 2.05) is 0 Å². The van der Waals surface area contributed by atoms with Crippen molar-refractivity contribution in [3.05, 3.63) is 0 Å². The van der Waals surface area contributed by atoms with E-state index in [9.17, 15) is 0 Å². The molecule has 0 nitrogen and oxygen atoms in total. The fourth-order valence-corrected chi connectivity index (χ4v) is 0. The summed E-state index contributed by atoms with van der Waals surface area (Å²) in [6.07, 6.45) is 0. The first-order chi connectivity index (χ1) is 0. The van der Waals surface area contributed by atoms with E-state index in [1.54, 1.807) is 0 Å². The van der Waals surface area contributed by atoms with Gasteiger partial charge >= 0.3 is 0 Å². The molecule has 4 heteroatoms. The SMILES string of the molecule is [AlH3].[Cr].[Cu].[SiH3]. The minimum atomic E-state index is 0. The molecule has 0 fully saturated rings. The summed E-state index contributed by atoms with van der Waals surface area (Å²) in [5.41, 5.74) is 0. The Morgan fingerprint density at radius 3 is 1.00 bits per heavy atom. The van der Waals surface area contributed by atoms with E-state index in [1.165, 1.54) is 0 Å². The largest absolute Gasteiger partial charge is 0.187 e. The van der Waals surface area contributed by atoms with E-state index in [4.69, 9.17) is 0 Å². The molecule has 0 amide bonds. The molecule has 0 aromatic heterocycles. The second-order valence-corrected chi connectivity index (χ2v) is 0. The summed E-state index contributed by atoms with van der Waals surface area (Å²) in [5.74, 6) is 0. The predicted octanol–water partition coefficient (Wildman–Crippen LogP) is -2.37. The first kappa shape index (κ1) is 41.2. The van der Waals surface area contributed by atoms with Gasteiger partial charge in [-0.3, -0.25) is 0 Å². The Labute approximate surface area is 62.5 Å². The molecule has 0 unspecified atom stereocenters. The third kappa shape index (κ3) is 9.19. The first-order valence-electron chi connectivity index (χ1n) is 0. The minimum absolute atomic E-state index is 0. The van der Waals surface area contributed by atoms with E-state index < -0.39 is 0 Å². The Morgan fingerprint density at radius 2 is 1.00 bits per heavy atom. The van der Waals surface area contributed by atoms with Gasteiger partial charge in [-0.15, -0.1) is 0 Å². The number of hydrogen-bond donors (Lipinski definition) is 0. The minimum Gasteiger partial charge on any atom is -0.0125 e. The summed E-state index contributed by atoms with van der Waals surface area (Å²) in [6.45, 7) is 0. The monoisotopic (exact) mass is 176 g/mol. The van der Waals surface area contributed by atoms with Gasteiger partial charge in [-0.1, -0.05) is 0 Å². The molecule has 30 valence electrons. The molecular weight excluding hydrogens is 171 g/mol. The molecule has 0 aliphatic heterocycles. The van der Waals surface area contributed by atoms with Crippen LogP contribution in [0.2, 0.25) is 0 Å². The predicted molar refractivity (Wildman–Crippen MR) is 19.9 cm³/mol. The molecule has 0 aliphatic carbocycles. The average molecular weight is 177 g/mol. The maximum Gasteiger partial charge on any atom is 0.187 e. The molecule has 0 rings (SSSR count). The molecule has 0 saturated carbocycles. The zero-order valence-electron chi connectivity index (χ0n) is 1.71. The summed E-state index contributed by atoms with van der Waals surface area (Å²) >= 11 is 0. The van der Waals surface area contributed by atoms with E-state index in [0.717, 1.165) is 0 Å². The van der Waals surface area contributed by atoms with Crippen molar-refractivity contribution in [1.82, 2.24) is 0 Å². The average Bonchev–Trinajstić information content (AvgIpc) is 0. The Bertz CT molecular complexity index is 8.00. The van der Waals surface area contributed by atoms with Crippen LogP contribution in [0.15, 0.2) is 0 Å². The van der Waals surface area contributed by atoms with Gasteiger partial charge in [0.2, 0.25) is 0 Å². The first-order valence-corrected chi connectivity index (χ1v) is 0. The molecule has 0 saturated heterocycles. The fraction of sp³-hybridized carbons (Fsp3) is 0. The Morgan fingerprint density at radius 1 is 1.00 bits per heavy atom. The molecule has 0 spiro atoms. The second kappa shape index (κ2) is 21.4. The van der Waals surface area contributed by atoms with Crippen LogP contribution in [0.5, 0.6) is 0 Å². The number of rotatable bonds is 0. The van der Waals surface area contributed by atoms with Crippen LogP contribution >= 0.6 is 0 Å². The van der Waals surface area contributed by atoms with Crippen molar-refractivity contribution in [2.45, 2.75) is 0 Å². The van der Waals surface area contributed by atoms with Crippen molar-refractivity contribution >= 4 is 28.3 Å². The van der Waals surface area contributed by atoms with Crippen LogP contribution in [-0.4, -0.2) is 28.3 Å². The van der Waals surface area contributed by atoms with Gasteiger partial charge in [0, 0.05) is 34.4 Å². The Kier molecular flexibility index (Phi) is 220. The van der Waals surface area contributed by atoms with Gasteiger partial charge in [0.25, 0.3) is 0 Å². The van der Waals surface area contributed by atoms with Crippen LogP contribution in [0.4, 0.5) is 0 Å². The zero-order chi connectivity index (χ0) is 0. The van der Waals surface area contributed by atoms with Crippen LogP contribution in [0.25, 0.3) is 0 Å². The molecule has 4 heavy (non-hydrogen) atoms.